The number of aromatic nitrogens is 4. The van der Waals surface area contributed by atoms with Crippen LogP contribution in [0.15, 0.2) is 24.3 Å². The van der Waals surface area contributed by atoms with Crippen LogP contribution in [0.2, 0.25) is 0 Å². The Hall–Kier alpha value is -1.99. The molecule has 0 radical (unpaired) electrons. The quantitative estimate of drug-likeness (QED) is 0.704. The van der Waals surface area contributed by atoms with Crippen molar-refractivity contribution < 1.29 is 17.6 Å². The van der Waals surface area contributed by atoms with E-state index in [1.807, 2.05) is 0 Å². The van der Waals surface area contributed by atoms with Crippen molar-refractivity contribution >= 4 is 0 Å². The summed E-state index contributed by atoms with van der Waals surface area (Å²) >= 11 is 0. The standard InChI is InChI=1S/C8H4F4N4/c9-5-2-1-3-6(4-5)16-7(8(10,11)12)13-14-15-16/h1-4H. The zero-order valence-electron chi connectivity index (χ0n) is 7.61. The van der Waals surface area contributed by atoms with Crippen molar-refractivity contribution in [2.45, 2.75) is 6.18 Å². The van der Waals surface area contributed by atoms with Crippen molar-refractivity contribution in [3.05, 3.63) is 35.9 Å². The van der Waals surface area contributed by atoms with Gasteiger partial charge in [-0.1, -0.05) is 6.07 Å². The highest BCUT2D eigenvalue weighted by atomic mass is 19.4. The topological polar surface area (TPSA) is 43.6 Å². The molecule has 0 aliphatic heterocycles. The van der Waals surface area contributed by atoms with Crippen molar-refractivity contribution in [2.24, 2.45) is 0 Å². The summed E-state index contributed by atoms with van der Waals surface area (Å²) in [5, 5.41) is 8.93. The minimum atomic E-state index is -4.68. The van der Waals surface area contributed by atoms with Crippen molar-refractivity contribution in [1.29, 1.82) is 0 Å². The van der Waals surface area contributed by atoms with Crippen molar-refractivity contribution in [2.75, 3.05) is 0 Å². The van der Waals surface area contributed by atoms with E-state index in [4.69, 9.17) is 0 Å². The van der Waals surface area contributed by atoms with E-state index in [-0.39, 0.29) is 5.69 Å². The lowest BCUT2D eigenvalue weighted by Gasteiger charge is -2.06. The van der Waals surface area contributed by atoms with E-state index in [2.05, 4.69) is 15.5 Å². The molecular formula is C8H4F4N4. The summed E-state index contributed by atoms with van der Waals surface area (Å²) in [6, 6.07) is 4.56. The number of alkyl halides is 3. The Morgan fingerprint density at radius 1 is 1.19 bits per heavy atom. The molecule has 0 aliphatic rings. The third kappa shape index (κ3) is 1.86. The number of nitrogens with zero attached hydrogens (tertiary/aromatic N) is 4. The zero-order chi connectivity index (χ0) is 11.8. The molecule has 0 fully saturated rings. The summed E-state index contributed by atoms with van der Waals surface area (Å²) in [6.07, 6.45) is -4.68. The molecule has 0 unspecified atom stereocenters. The highest BCUT2D eigenvalue weighted by Gasteiger charge is 2.38. The third-order valence-corrected chi connectivity index (χ3v) is 1.78. The van der Waals surface area contributed by atoms with Crippen LogP contribution in [-0.4, -0.2) is 20.2 Å². The van der Waals surface area contributed by atoms with Gasteiger partial charge < -0.3 is 0 Å². The van der Waals surface area contributed by atoms with E-state index in [9.17, 15) is 17.6 Å². The van der Waals surface area contributed by atoms with Crippen molar-refractivity contribution in [3.8, 4) is 5.69 Å². The maximum absolute atomic E-state index is 12.8. The molecule has 0 aliphatic carbocycles. The highest BCUT2D eigenvalue weighted by molar-refractivity contribution is 5.31. The van der Waals surface area contributed by atoms with Crippen molar-refractivity contribution in [3.63, 3.8) is 0 Å². The molecule has 16 heavy (non-hydrogen) atoms. The average molecular weight is 232 g/mol. The molecule has 2 rings (SSSR count). The summed E-state index contributed by atoms with van der Waals surface area (Å²) in [7, 11) is 0. The first-order chi connectivity index (χ1) is 7.48. The maximum Gasteiger partial charge on any atom is 0.453 e. The van der Waals surface area contributed by atoms with Gasteiger partial charge in [0.15, 0.2) is 0 Å². The normalized spacial score (nSPS) is 11.8. The number of rotatable bonds is 1. The predicted molar refractivity (Wildman–Crippen MR) is 44.1 cm³/mol. The van der Waals surface area contributed by atoms with Crippen LogP contribution >= 0.6 is 0 Å². The van der Waals surface area contributed by atoms with E-state index in [1.54, 1.807) is 0 Å². The second kappa shape index (κ2) is 3.54. The largest absolute Gasteiger partial charge is 0.453 e. The summed E-state index contributed by atoms with van der Waals surface area (Å²) < 4.78 is 50.5. The van der Waals surface area contributed by atoms with Crippen LogP contribution in [-0.2, 0) is 6.18 Å². The summed E-state index contributed by atoms with van der Waals surface area (Å²) in [5.74, 6) is -1.96. The van der Waals surface area contributed by atoms with Crippen LogP contribution in [0.3, 0.4) is 0 Å². The van der Waals surface area contributed by atoms with Gasteiger partial charge in [-0.15, -0.1) is 5.10 Å². The Morgan fingerprint density at radius 2 is 1.94 bits per heavy atom. The first-order valence-corrected chi connectivity index (χ1v) is 4.10. The number of benzene rings is 1. The molecule has 4 nitrogen and oxygen atoms in total. The number of hydrogen-bond donors (Lipinski definition) is 0. The van der Waals surface area contributed by atoms with Crippen molar-refractivity contribution in [1.82, 2.24) is 20.2 Å². The van der Waals surface area contributed by atoms with Crippen LogP contribution in [0.5, 0.6) is 0 Å². The Bertz CT molecular complexity index is 505. The Balaban J connectivity index is 2.53. The monoisotopic (exact) mass is 232 g/mol. The SMILES string of the molecule is Fc1cccc(-n2nnnc2C(F)(F)F)c1. The molecular weight excluding hydrogens is 228 g/mol. The molecule has 0 atom stereocenters. The van der Waals surface area contributed by atoms with E-state index in [1.165, 1.54) is 12.1 Å². The first kappa shape index (κ1) is 10.5. The van der Waals surface area contributed by atoms with E-state index < -0.39 is 17.8 Å². The van der Waals surface area contributed by atoms with Gasteiger partial charge in [-0.2, -0.15) is 17.9 Å². The predicted octanol–water partition coefficient (Wildman–Crippen LogP) is 1.82. The molecule has 1 heterocycles. The summed E-state index contributed by atoms with van der Waals surface area (Å²) in [6.45, 7) is 0. The van der Waals surface area contributed by atoms with Crippen LogP contribution < -0.4 is 0 Å². The van der Waals surface area contributed by atoms with Gasteiger partial charge in [0.1, 0.15) is 5.82 Å². The lowest BCUT2D eigenvalue weighted by molar-refractivity contribution is -0.146. The Labute approximate surface area is 86.5 Å². The summed E-state index contributed by atoms with van der Waals surface area (Å²) in [4.78, 5) is 0. The Kier molecular flexibility index (Phi) is 2.33. The number of tetrazole rings is 1. The second-order valence-electron chi connectivity index (χ2n) is 2.89. The van der Waals surface area contributed by atoms with Gasteiger partial charge in [-0.25, -0.2) is 4.39 Å². The summed E-state index contributed by atoms with van der Waals surface area (Å²) in [5.41, 5.74) is -0.0858. The molecule has 1 aromatic heterocycles. The maximum atomic E-state index is 12.8. The van der Waals surface area contributed by atoms with Crippen LogP contribution in [0.1, 0.15) is 5.82 Å². The minimum absolute atomic E-state index is 0.0858. The molecule has 0 spiro atoms. The van der Waals surface area contributed by atoms with Crippen LogP contribution in [0, 0.1) is 5.82 Å². The average Bonchev–Trinajstić information content (AvgIpc) is 2.65. The van der Waals surface area contributed by atoms with Gasteiger partial charge in [-0.05, 0) is 28.6 Å². The van der Waals surface area contributed by atoms with Gasteiger partial charge in [0.05, 0.1) is 5.69 Å². The number of hydrogen-bond acceptors (Lipinski definition) is 3. The fourth-order valence-corrected chi connectivity index (χ4v) is 1.15. The highest BCUT2D eigenvalue weighted by Crippen LogP contribution is 2.28. The second-order valence-corrected chi connectivity index (χ2v) is 2.89. The van der Waals surface area contributed by atoms with Crippen LogP contribution in [0.4, 0.5) is 17.6 Å². The van der Waals surface area contributed by atoms with Gasteiger partial charge in [0, 0.05) is 0 Å². The van der Waals surface area contributed by atoms with E-state index in [0.717, 1.165) is 12.1 Å². The molecule has 1 aromatic carbocycles. The smallest absolute Gasteiger partial charge is 0.207 e. The van der Waals surface area contributed by atoms with Gasteiger partial charge in [-0.3, -0.25) is 0 Å². The van der Waals surface area contributed by atoms with Gasteiger partial charge in [0.2, 0.25) is 0 Å². The molecule has 0 N–H and O–H groups in total. The Morgan fingerprint density at radius 3 is 2.56 bits per heavy atom. The number of halogens is 4. The molecule has 0 bridgehead atoms. The fourth-order valence-electron chi connectivity index (χ4n) is 1.15. The zero-order valence-corrected chi connectivity index (χ0v) is 7.61. The van der Waals surface area contributed by atoms with E-state index in [0.29, 0.717) is 4.68 Å². The van der Waals surface area contributed by atoms with Crippen LogP contribution in [0.25, 0.3) is 5.69 Å². The lowest BCUT2D eigenvalue weighted by atomic mass is 10.3. The molecule has 8 heteroatoms. The third-order valence-electron chi connectivity index (χ3n) is 1.78. The van der Waals surface area contributed by atoms with Gasteiger partial charge >= 0.3 is 6.18 Å². The molecule has 84 valence electrons. The molecule has 2 aromatic rings. The first-order valence-electron chi connectivity index (χ1n) is 4.10. The molecule has 0 saturated heterocycles. The minimum Gasteiger partial charge on any atom is -0.207 e. The van der Waals surface area contributed by atoms with Gasteiger partial charge in [0.25, 0.3) is 5.82 Å². The molecule has 0 amide bonds. The fraction of sp³-hybridized carbons (Fsp3) is 0.125. The lowest BCUT2D eigenvalue weighted by Crippen LogP contribution is -2.14. The molecule has 0 saturated carbocycles. The van der Waals surface area contributed by atoms with E-state index >= 15 is 0 Å².